The van der Waals surface area contributed by atoms with Gasteiger partial charge in [0.25, 0.3) is 11.6 Å². The van der Waals surface area contributed by atoms with E-state index in [0.717, 1.165) is 6.42 Å². The van der Waals surface area contributed by atoms with Gasteiger partial charge >= 0.3 is 0 Å². The average Bonchev–Trinajstić information content (AvgIpc) is 2.47. The van der Waals surface area contributed by atoms with Crippen LogP contribution >= 0.6 is 0 Å². The van der Waals surface area contributed by atoms with Crippen LogP contribution in [0.5, 0.6) is 0 Å². The lowest BCUT2D eigenvalue weighted by Crippen LogP contribution is -2.28. The van der Waals surface area contributed by atoms with Gasteiger partial charge in [0.1, 0.15) is 5.69 Å². The van der Waals surface area contributed by atoms with E-state index in [1.165, 1.54) is 11.0 Å². The van der Waals surface area contributed by atoms with Gasteiger partial charge in [0.15, 0.2) is 0 Å². The van der Waals surface area contributed by atoms with Crippen molar-refractivity contribution in [2.75, 3.05) is 39.2 Å². The summed E-state index contributed by atoms with van der Waals surface area (Å²) < 4.78 is 4.94. The molecule has 0 aromatic heterocycles. The first-order chi connectivity index (χ1) is 10.0. The Hall–Kier alpha value is -2.15. The molecule has 0 saturated carbocycles. The largest absolute Gasteiger partial charge is 0.385 e. The third kappa shape index (κ3) is 4.71. The van der Waals surface area contributed by atoms with Crippen LogP contribution in [-0.4, -0.2) is 49.6 Å². The van der Waals surface area contributed by atoms with Crippen molar-refractivity contribution in [3.05, 3.63) is 33.9 Å². The molecular weight excluding hydrogens is 274 g/mol. The van der Waals surface area contributed by atoms with E-state index in [-0.39, 0.29) is 11.6 Å². The van der Waals surface area contributed by atoms with Crippen LogP contribution in [0, 0.1) is 10.1 Å². The third-order valence-electron chi connectivity index (χ3n) is 3.00. The van der Waals surface area contributed by atoms with Crippen LogP contribution in [0.15, 0.2) is 18.2 Å². The second-order valence-electron chi connectivity index (χ2n) is 4.59. The van der Waals surface area contributed by atoms with E-state index in [2.05, 4.69) is 5.32 Å². The molecule has 0 saturated heterocycles. The molecule has 0 aliphatic carbocycles. The number of nitrogens with one attached hydrogen (secondary N) is 1. The number of nitrogens with zero attached hydrogens (tertiary/aromatic N) is 2. The molecule has 1 aromatic carbocycles. The Bertz CT molecular complexity index is 505. The van der Waals surface area contributed by atoms with E-state index >= 15 is 0 Å². The zero-order chi connectivity index (χ0) is 15.8. The second-order valence-corrected chi connectivity index (χ2v) is 4.59. The van der Waals surface area contributed by atoms with Crippen molar-refractivity contribution in [3.63, 3.8) is 0 Å². The highest BCUT2D eigenvalue weighted by molar-refractivity contribution is 5.95. The Labute approximate surface area is 124 Å². The predicted molar refractivity (Wildman–Crippen MR) is 80.7 cm³/mol. The first-order valence-electron chi connectivity index (χ1n) is 6.78. The molecule has 1 rings (SSSR count). The summed E-state index contributed by atoms with van der Waals surface area (Å²) in [5.74, 6) is -0.239. The van der Waals surface area contributed by atoms with Crippen LogP contribution < -0.4 is 5.32 Å². The van der Waals surface area contributed by atoms with Crippen molar-refractivity contribution in [2.24, 2.45) is 0 Å². The van der Waals surface area contributed by atoms with Gasteiger partial charge in [-0.3, -0.25) is 14.9 Å². The van der Waals surface area contributed by atoms with Crippen molar-refractivity contribution in [1.29, 1.82) is 0 Å². The molecule has 1 amide bonds. The standard InChI is InChI=1S/C14H21N3O4/c1-4-15-12-7-6-11(10-13(12)17(19)20)14(18)16(2)8-5-9-21-3/h6-7,10,15H,4-5,8-9H2,1-3H3. The molecule has 7 heteroatoms. The number of ether oxygens (including phenoxy) is 1. The first kappa shape index (κ1) is 16.9. The Morgan fingerprint density at radius 3 is 2.76 bits per heavy atom. The average molecular weight is 295 g/mol. The number of hydrogen-bond acceptors (Lipinski definition) is 5. The summed E-state index contributed by atoms with van der Waals surface area (Å²) in [7, 11) is 3.27. The molecule has 7 nitrogen and oxygen atoms in total. The summed E-state index contributed by atoms with van der Waals surface area (Å²) in [6, 6.07) is 4.48. The molecule has 0 spiro atoms. The van der Waals surface area contributed by atoms with Crippen molar-refractivity contribution >= 4 is 17.3 Å². The number of benzene rings is 1. The topological polar surface area (TPSA) is 84.7 Å². The zero-order valence-corrected chi connectivity index (χ0v) is 12.6. The molecule has 1 aromatic rings. The fraction of sp³-hybridized carbons (Fsp3) is 0.500. The van der Waals surface area contributed by atoms with Gasteiger partial charge < -0.3 is 15.0 Å². The van der Waals surface area contributed by atoms with Crippen LogP contribution in [0.1, 0.15) is 23.7 Å². The van der Waals surface area contributed by atoms with Gasteiger partial charge in [-0.05, 0) is 25.5 Å². The van der Waals surface area contributed by atoms with E-state index < -0.39 is 4.92 Å². The number of hydrogen-bond donors (Lipinski definition) is 1. The summed E-state index contributed by atoms with van der Waals surface area (Å²) in [6.07, 6.45) is 0.719. The Balaban J connectivity index is 2.89. The smallest absolute Gasteiger partial charge is 0.293 e. The fourth-order valence-corrected chi connectivity index (χ4v) is 1.92. The Kier molecular flexibility index (Phi) is 6.61. The second kappa shape index (κ2) is 8.21. The first-order valence-corrected chi connectivity index (χ1v) is 6.78. The minimum atomic E-state index is -0.486. The summed E-state index contributed by atoms with van der Waals surface area (Å²) in [5.41, 5.74) is 0.636. The quantitative estimate of drug-likeness (QED) is 0.451. The van der Waals surface area contributed by atoms with Crippen LogP contribution in [0.3, 0.4) is 0 Å². The lowest BCUT2D eigenvalue weighted by molar-refractivity contribution is -0.384. The van der Waals surface area contributed by atoms with Crippen LogP contribution in [-0.2, 0) is 4.74 Å². The number of anilines is 1. The van der Waals surface area contributed by atoms with Crippen LogP contribution in [0.2, 0.25) is 0 Å². The van der Waals surface area contributed by atoms with Crippen molar-refractivity contribution in [3.8, 4) is 0 Å². The van der Waals surface area contributed by atoms with Gasteiger partial charge in [-0.25, -0.2) is 0 Å². The molecule has 21 heavy (non-hydrogen) atoms. The van der Waals surface area contributed by atoms with E-state index in [9.17, 15) is 14.9 Å². The normalized spacial score (nSPS) is 10.2. The van der Waals surface area contributed by atoms with Crippen molar-refractivity contribution in [1.82, 2.24) is 4.90 Å². The highest BCUT2D eigenvalue weighted by atomic mass is 16.6. The third-order valence-corrected chi connectivity index (χ3v) is 3.00. The molecule has 0 unspecified atom stereocenters. The maximum absolute atomic E-state index is 12.2. The minimum Gasteiger partial charge on any atom is -0.385 e. The van der Waals surface area contributed by atoms with E-state index in [4.69, 9.17) is 4.74 Å². The molecule has 0 heterocycles. The summed E-state index contributed by atoms with van der Waals surface area (Å²) in [4.78, 5) is 24.3. The summed E-state index contributed by atoms with van der Waals surface area (Å²) in [6.45, 7) is 3.53. The Morgan fingerprint density at radius 1 is 1.48 bits per heavy atom. The maximum atomic E-state index is 12.2. The van der Waals surface area contributed by atoms with Gasteiger partial charge in [-0.15, -0.1) is 0 Å². The van der Waals surface area contributed by atoms with E-state index in [1.807, 2.05) is 6.92 Å². The Morgan fingerprint density at radius 2 is 2.19 bits per heavy atom. The van der Waals surface area contributed by atoms with Crippen molar-refractivity contribution < 1.29 is 14.5 Å². The number of methoxy groups -OCH3 is 1. The highest BCUT2D eigenvalue weighted by Gasteiger charge is 2.19. The number of nitro benzene ring substituents is 1. The fourth-order valence-electron chi connectivity index (χ4n) is 1.92. The molecule has 0 bridgehead atoms. The summed E-state index contributed by atoms with van der Waals surface area (Å²) in [5, 5.41) is 14.0. The van der Waals surface area contributed by atoms with E-state index in [0.29, 0.717) is 30.9 Å². The molecular formula is C14H21N3O4. The lowest BCUT2D eigenvalue weighted by Gasteiger charge is -2.17. The SMILES string of the molecule is CCNc1ccc(C(=O)N(C)CCCOC)cc1[N+](=O)[O-]. The van der Waals surface area contributed by atoms with Crippen LogP contribution in [0.25, 0.3) is 0 Å². The van der Waals surface area contributed by atoms with Gasteiger partial charge in [0.2, 0.25) is 0 Å². The molecule has 1 N–H and O–H groups in total. The van der Waals surface area contributed by atoms with Crippen molar-refractivity contribution in [2.45, 2.75) is 13.3 Å². The molecule has 0 atom stereocenters. The summed E-state index contributed by atoms with van der Waals surface area (Å²) >= 11 is 0. The lowest BCUT2D eigenvalue weighted by atomic mass is 10.1. The number of rotatable bonds is 8. The van der Waals surface area contributed by atoms with Crippen LogP contribution in [0.4, 0.5) is 11.4 Å². The van der Waals surface area contributed by atoms with Gasteiger partial charge in [0.05, 0.1) is 4.92 Å². The molecule has 116 valence electrons. The molecule has 0 fully saturated rings. The maximum Gasteiger partial charge on any atom is 0.293 e. The van der Waals surface area contributed by atoms with E-state index in [1.54, 1.807) is 26.3 Å². The highest BCUT2D eigenvalue weighted by Crippen LogP contribution is 2.25. The predicted octanol–water partition coefficient (Wildman–Crippen LogP) is 2.14. The number of carbonyl (C=O) groups excluding carboxylic acids is 1. The van der Waals surface area contributed by atoms with Gasteiger partial charge in [0, 0.05) is 45.5 Å². The minimum absolute atomic E-state index is 0.0898. The molecule has 0 aliphatic heterocycles. The number of carbonyl (C=O) groups is 1. The monoisotopic (exact) mass is 295 g/mol. The molecule has 0 aliphatic rings. The zero-order valence-electron chi connectivity index (χ0n) is 12.6. The number of amides is 1. The number of nitro groups is 1. The van der Waals surface area contributed by atoms with Gasteiger partial charge in [-0.1, -0.05) is 0 Å². The molecule has 0 radical (unpaired) electrons. The van der Waals surface area contributed by atoms with Gasteiger partial charge in [-0.2, -0.15) is 0 Å².